The minimum atomic E-state index is 0.428. The molecule has 112 valence electrons. The topological polar surface area (TPSA) is 15.3 Å². The number of nitrogens with zero attached hydrogens (tertiary/aromatic N) is 1. The fraction of sp³-hybridized carbons (Fsp3) is 0.368. The fourth-order valence-corrected chi connectivity index (χ4v) is 2.52. The van der Waals surface area contributed by atoms with Gasteiger partial charge in [0, 0.05) is 25.3 Å². The van der Waals surface area contributed by atoms with Crippen LogP contribution in [0.3, 0.4) is 0 Å². The maximum absolute atomic E-state index is 3.67. The summed E-state index contributed by atoms with van der Waals surface area (Å²) in [6, 6.07) is 21.8. The lowest BCUT2D eigenvalue weighted by Crippen LogP contribution is -2.27. The van der Waals surface area contributed by atoms with Crippen LogP contribution in [0.5, 0.6) is 0 Å². The molecule has 2 nitrogen and oxygen atoms in total. The van der Waals surface area contributed by atoms with Gasteiger partial charge in [-0.15, -0.1) is 0 Å². The average molecular weight is 282 g/mol. The van der Waals surface area contributed by atoms with Gasteiger partial charge in [-0.2, -0.15) is 0 Å². The van der Waals surface area contributed by atoms with Gasteiger partial charge in [-0.05, 0) is 37.1 Å². The van der Waals surface area contributed by atoms with Crippen molar-refractivity contribution < 1.29 is 0 Å². The molecular formula is C19H26N2. The zero-order valence-electron chi connectivity index (χ0n) is 13.1. The van der Waals surface area contributed by atoms with Crippen LogP contribution in [0.25, 0.3) is 0 Å². The van der Waals surface area contributed by atoms with Crippen molar-refractivity contribution in [2.45, 2.75) is 25.8 Å². The number of benzene rings is 2. The van der Waals surface area contributed by atoms with E-state index in [2.05, 4.69) is 84.9 Å². The summed E-state index contributed by atoms with van der Waals surface area (Å²) < 4.78 is 0. The van der Waals surface area contributed by atoms with Crippen molar-refractivity contribution in [3.8, 4) is 0 Å². The Hall–Kier alpha value is -1.80. The summed E-state index contributed by atoms with van der Waals surface area (Å²) in [5.41, 5.74) is 2.66. The monoisotopic (exact) mass is 282 g/mol. The maximum atomic E-state index is 3.67. The Morgan fingerprint density at radius 2 is 1.57 bits per heavy atom. The van der Waals surface area contributed by atoms with E-state index in [0.29, 0.717) is 6.04 Å². The largest absolute Gasteiger partial charge is 0.375 e. The number of anilines is 1. The molecular weight excluding hydrogens is 256 g/mol. The van der Waals surface area contributed by atoms with E-state index in [1.807, 2.05) is 0 Å². The van der Waals surface area contributed by atoms with Gasteiger partial charge in [-0.25, -0.2) is 0 Å². The highest BCUT2D eigenvalue weighted by molar-refractivity contribution is 5.44. The van der Waals surface area contributed by atoms with Crippen LogP contribution in [0, 0.1) is 0 Å². The first-order valence-electron chi connectivity index (χ1n) is 7.85. The van der Waals surface area contributed by atoms with Crippen LogP contribution in [0.1, 0.15) is 31.4 Å². The van der Waals surface area contributed by atoms with Crippen molar-refractivity contribution in [2.24, 2.45) is 0 Å². The second kappa shape index (κ2) is 8.48. The van der Waals surface area contributed by atoms with E-state index in [1.165, 1.54) is 11.3 Å². The highest BCUT2D eigenvalue weighted by Gasteiger charge is 2.11. The van der Waals surface area contributed by atoms with Crippen LogP contribution in [0.4, 0.5) is 5.69 Å². The van der Waals surface area contributed by atoms with Gasteiger partial charge in [0.2, 0.25) is 0 Å². The SMILES string of the molecule is CCCNC(CCN(C)c1ccccc1)c1ccccc1. The zero-order valence-corrected chi connectivity index (χ0v) is 13.1. The Labute approximate surface area is 128 Å². The van der Waals surface area contributed by atoms with Gasteiger partial charge in [0.1, 0.15) is 0 Å². The molecule has 0 aliphatic heterocycles. The predicted molar refractivity (Wildman–Crippen MR) is 91.8 cm³/mol. The first-order chi connectivity index (χ1) is 10.3. The van der Waals surface area contributed by atoms with Crippen molar-refractivity contribution in [3.05, 3.63) is 66.2 Å². The smallest absolute Gasteiger partial charge is 0.0363 e. The van der Waals surface area contributed by atoms with Gasteiger partial charge < -0.3 is 10.2 Å². The van der Waals surface area contributed by atoms with Crippen LogP contribution in [-0.4, -0.2) is 20.1 Å². The molecule has 0 heterocycles. The third-order valence-corrected chi connectivity index (χ3v) is 3.79. The molecule has 1 atom stereocenters. The quantitative estimate of drug-likeness (QED) is 0.778. The van der Waals surface area contributed by atoms with Gasteiger partial charge in [-0.1, -0.05) is 55.5 Å². The summed E-state index contributed by atoms with van der Waals surface area (Å²) >= 11 is 0. The molecule has 0 saturated carbocycles. The number of para-hydroxylation sites is 1. The summed E-state index contributed by atoms with van der Waals surface area (Å²) in [4.78, 5) is 2.32. The molecule has 0 amide bonds. The summed E-state index contributed by atoms with van der Waals surface area (Å²) in [6.07, 6.45) is 2.27. The van der Waals surface area contributed by atoms with E-state index in [-0.39, 0.29) is 0 Å². The van der Waals surface area contributed by atoms with Crippen molar-refractivity contribution in [3.63, 3.8) is 0 Å². The third kappa shape index (κ3) is 4.91. The Bertz CT molecular complexity index is 495. The minimum Gasteiger partial charge on any atom is -0.375 e. The Morgan fingerprint density at radius 3 is 2.19 bits per heavy atom. The highest BCUT2D eigenvalue weighted by Crippen LogP contribution is 2.19. The molecule has 0 spiro atoms. The van der Waals surface area contributed by atoms with Crippen LogP contribution in [0.2, 0.25) is 0 Å². The Balaban J connectivity index is 1.96. The van der Waals surface area contributed by atoms with Gasteiger partial charge in [0.05, 0.1) is 0 Å². The van der Waals surface area contributed by atoms with Crippen LogP contribution < -0.4 is 10.2 Å². The standard InChI is InChI=1S/C19H26N2/c1-3-15-20-19(17-10-6-4-7-11-17)14-16-21(2)18-12-8-5-9-13-18/h4-13,19-20H,3,14-16H2,1-2H3. The first kappa shape index (κ1) is 15.6. The van der Waals surface area contributed by atoms with E-state index >= 15 is 0 Å². The van der Waals surface area contributed by atoms with Crippen LogP contribution >= 0.6 is 0 Å². The van der Waals surface area contributed by atoms with Gasteiger partial charge >= 0.3 is 0 Å². The van der Waals surface area contributed by atoms with Crippen LogP contribution in [0.15, 0.2) is 60.7 Å². The second-order valence-corrected chi connectivity index (χ2v) is 5.46. The normalized spacial score (nSPS) is 12.1. The molecule has 2 aromatic rings. The van der Waals surface area contributed by atoms with Crippen molar-refractivity contribution in [2.75, 3.05) is 25.0 Å². The predicted octanol–water partition coefficient (Wildman–Crippen LogP) is 4.25. The number of hydrogen-bond acceptors (Lipinski definition) is 2. The lowest BCUT2D eigenvalue weighted by Gasteiger charge is -2.24. The van der Waals surface area contributed by atoms with E-state index in [0.717, 1.165) is 25.9 Å². The van der Waals surface area contributed by atoms with E-state index in [1.54, 1.807) is 0 Å². The highest BCUT2D eigenvalue weighted by atomic mass is 15.1. The molecule has 2 rings (SSSR count). The molecule has 1 unspecified atom stereocenters. The summed E-state index contributed by atoms with van der Waals surface area (Å²) in [5.74, 6) is 0. The molecule has 0 radical (unpaired) electrons. The lowest BCUT2D eigenvalue weighted by molar-refractivity contribution is 0.500. The minimum absolute atomic E-state index is 0.428. The molecule has 0 aromatic heterocycles. The first-order valence-corrected chi connectivity index (χ1v) is 7.85. The van der Waals surface area contributed by atoms with Gasteiger partial charge in [0.15, 0.2) is 0 Å². The molecule has 0 fully saturated rings. The summed E-state index contributed by atoms with van der Waals surface area (Å²) in [7, 11) is 2.16. The Morgan fingerprint density at radius 1 is 0.952 bits per heavy atom. The molecule has 2 heteroatoms. The molecule has 1 N–H and O–H groups in total. The molecule has 0 bridgehead atoms. The summed E-state index contributed by atoms with van der Waals surface area (Å²) in [5, 5.41) is 3.67. The molecule has 2 aromatic carbocycles. The van der Waals surface area contributed by atoms with Gasteiger partial charge in [0.25, 0.3) is 0 Å². The fourth-order valence-electron chi connectivity index (χ4n) is 2.52. The van der Waals surface area contributed by atoms with Crippen molar-refractivity contribution in [1.29, 1.82) is 0 Å². The number of hydrogen-bond donors (Lipinski definition) is 1. The lowest BCUT2D eigenvalue weighted by atomic mass is 10.0. The van der Waals surface area contributed by atoms with Crippen LogP contribution in [-0.2, 0) is 0 Å². The zero-order chi connectivity index (χ0) is 14.9. The van der Waals surface area contributed by atoms with E-state index in [4.69, 9.17) is 0 Å². The summed E-state index contributed by atoms with van der Waals surface area (Å²) in [6.45, 7) is 4.32. The second-order valence-electron chi connectivity index (χ2n) is 5.46. The third-order valence-electron chi connectivity index (χ3n) is 3.79. The van der Waals surface area contributed by atoms with E-state index in [9.17, 15) is 0 Å². The molecule has 0 aliphatic rings. The molecule has 0 saturated heterocycles. The van der Waals surface area contributed by atoms with Crippen molar-refractivity contribution >= 4 is 5.69 Å². The molecule has 0 aliphatic carbocycles. The van der Waals surface area contributed by atoms with E-state index < -0.39 is 0 Å². The average Bonchev–Trinajstić information content (AvgIpc) is 2.56. The number of nitrogens with one attached hydrogen (secondary N) is 1. The number of rotatable bonds is 8. The Kier molecular flexibility index (Phi) is 6.29. The van der Waals surface area contributed by atoms with Crippen molar-refractivity contribution in [1.82, 2.24) is 5.32 Å². The molecule has 21 heavy (non-hydrogen) atoms. The van der Waals surface area contributed by atoms with Gasteiger partial charge in [-0.3, -0.25) is 0 Å². The maximum Gasteiger partial charge on any atom is 0.0363 e.